The molecule has 0 unspecified atom stereocenters. The third kappa shape index (κ3) is 3.01. The zero-order chi connectivity index (χ0) is 21.9. The minimum atomic E-state index is -1.63. The van der Waals surface area contributed by atoms with Gasteiger partial charge < -0.3 is 14.9 Å². The predicted molar refractivity (Wildman–Crippen MR) is 110 cm³/mol. The van der Waals surface area contributed by atoms with Crippen LogP contribution in [0.2, 0.25) is 0 Å². The maximum Gasteiger partial charge on any atom is 0.321 e. The number of rotatable bonds is 4. The summed E-state index contributed by atoms with van der Waals surface area (Å²) in [7, 11) is 0. The second kappa shape index (κ2) is 7.42. The second-order valence-corrected chi connectivity index (χ2v) is 10.5. The smallest absolute Gasteiger partial charge is 0.321 e. The third-order valence-corrected chi connectivity index (χ3v) is 9.20. The fraction of sp³-hybridized carbons (Fsp3) is 0.783. The first-order chi connectivity index (χ1) is 14.1. The molecule has 0 bridgehead atoms. The van der Waals surface area contributed by atoms with Crippen LogP contribution >= 0.6 is 11.6 Å². The van der Waals surface area contributed by atoms with Crippen molar-refractivity contribution >= 4 is 29.1 Å². The fourth-order valence-corrected chi connectivity index (χ4v) is 7.53. The van der Waals surface area contributed by atoms with Gasteiger partial charge in [0.05, 0.1) is 6.10 Å². The van der Waals surface area contributed by atoms with Crippen LogP contribution in [0.5, 0.6) is 0 Å². The van der Waals surface area contributed by atoms with Crippen LogP contribution in [0.25, 0.3) is 0 Å². The highest BCUT2D eigenvalue weighted by atomic mass is 35.5. The van der Waals surface area contributed by atoms with E-state index in [0.29, 0.717) is 25.7 Å². The number of carbonyl (C=O) groups is 3. The maximum atomic E-state index is 12.9. The van der Waals surface area contributed by atoms with Gasteiger partial charge in [0, 0.05) is 11.8 Å². The molecular formula is C23H31ClO6. The summed E-state index contributed by atoms with van der Waals surface area (Å²) in [6.07, 6.45) is 5.37. The van der Waals surface area contributed by atoms with Gasteiger partial charge in [-0.05, 0) is 67.8 Å². The van der Waals surface area contributed by atoms with Gasteiger partial charge in [-0.1, -0.05) is 19.4 Å². The number of aliphatic hydroxyl groups excluding tert-OH is 1. The topological polar surface area (TPSA) is 101 Å². The van der Waals surface area contributed by atoms with E-state index in [9.17, 15) is 24.6 Å². The van der Waals surface area contributed by atoms with Gasteiger partial charge in [0.2, 0.25) is 5.78 Å². The maximum absolute atomic E-state index is 12.9. The molecule has 3 fully saturated rings. The van der Waals surface area contributed by atoms with Crippen LogP contribution in [0.1, 0.15) is 58.8 Å². The van der Waals surface area contributed by atoms with Crippen LogP contribution in [-0.2, 0) is 19.1 Å². The third-order valence-electron chi connectivity index (χ3n) is 8.98. The zero-order valence-corrected chi connectivity index (χ0v) is 18.4. The number of ketones is 2. The number of esters is 1. The summed E-state index contributed by atoms with van der Waals surface area (Å²) in [6, 6.07) is 0. The fourth-order valence-electron chi connectivity index (χ4n) is 7.45. The molecule has 7 atom stereocenters. The Labute approximate surface area is 182 Å². The van der Waals surface area contributed by atoms with Crippen LogP contribution in [-0.4, -0.2) is 51.9 Å². The normalized spacial score (nSPS) is 45.1. The van der Waals surface area contributed by atoms with E-state index in [1.807, 2.05) is 6.92 Å². The lowest BCUT2D eigenvalue weighted by Crippen LogP contribution is -2.62. The zero-order valence-electron chi connectivity index (χ0n) is 17.7. The highest BCUT2D eigenvalue weighted by Gasteiger charge is 2.68. The first-order valence-electron chi connectivity index (χ1n) is 11.0. The lowest BCUT2D eigenvalue weighted by Gasteiger charge is -2.60. The Balaban J connectivity index is 1.62. The lowest BCUT2D eigenvalue weighted by molar-refractivity contribution is -0.184. The number of hydrogen-bond donors (Lipinski definition) is 2. The van der Waals surface area contributed by atoms with Crippen molar-refractivity contribution in [3.8, 4) is 0 Å². The van der Waals surface area contributed by atoms with E-state index >= 15 is 0 Å². The van der Waals surface area contributed by atoms with Crippen molar-refractivity contribution in [2.45, 2.75) is 70.5 Å². The van der Waals surface area contributed by atoms with E-state index in [1.165, 1.54) is 0 Å². The van der Waals surface area contributed by atoms with E-state index in [0.717, 1.165) is 24.8 Å². The van der Waals surface area contributed by atoms with Crippen LogP contribution in [0.4, 0.5) is 0 Å². The molecule has 6 nitrogen and oxygen atoms in total. The van der Waals surface area contributed by atoms with Gasteiger partial charge >= 0.3 is 5.97 Å². The lowest BCUT2D eigenvalue weighted by atomic mass is 9.45. The van der Waals surface area contributed by atoms with Gasteiger partial charge in [-0.15, -0.1) is 11.6 Å². The number of Topliss-reactive ketones (excluding diaryl/α,β-unsaturated/α-hetero) is 1. The molecule has 30 heavy (non-hydrogen) atoms. The quantitative estimate of drug-likeness (QED) is 0.516. The summed E-state index contributed by atoms with van der Waals surface area (Å²) in [5, 5.41) is 22.8. The molecule has 0 aromatic heterocycles. The van der Waals surface area contributed by atoms with Gasteiger partial charge in [0.1, 0.15) is 11.5 Å². The SMILES string of the molecule is C[C@]12CCC(=O)C=C1CC[C@@H]1[C@@H]2[C@H](O)C[C@@]2(C)[C@@H]1CC[C@]2(O)C(=O)COC(=O)CCl. The molecule has 166 valence electrons. The number of fused-ring (bicyclic) bond motifs is 5. The molecule has 7 heteroatoms. The van der Waals surface area contributed by atoms with Crippen molar-refractivity contribution in [1.82, 2.24) is 0 Å². The molecule has 2 N–H and O–H groups in total. The Morgan fingerprint density at radius 2 is 1.97 bits per heavy atom. The van der Waals surface area contributed by atoms with Gasteiger partial charge in [0.25, 0.3) is 0 Å². The number of ether oxygens (including phenoxy) is 1. The molecule has 0 heterocycles. The van der Waals surface area contributed by atoms with Gasteiger partial charge in [-0.25, -0.2) is 0 Å². The van der Waals surface area contributed by atoms with Crippen molar-refractivity contribution in [3.63, 3.8) is 0 Å². The molecule has 0 saturated heterocycles. The first-order valence-corrected chi connectivity index (χ1v) is 11.5. The van der Waals surface area contributed by atoms with Crippen molar-refractivity contribution in [3.05, 3.63) is 11.6 Å². The van der Waals surface area contributed by atoms with E-state index in [1.54, 1.807) is 6.08 Å². The first kappa shape index (κ1) is 22.0. The number of halogens is 1. The minimum absolute atomic E-state index is 0.0233. The Morgan fingerprint density at radius 1 is 1.23 bits per heavy atom. The van der Waals surface area contributed by atoms with Crippen molar-refractivity contribution in [1.29, 1.82) is 0 Å². The molecular weight excluding hydrogens is 408 g/mol. The summed E-state index contributed by atoms with van der Waals surface area (Å²) in [6.45, 7) is 3.58. The molecule has 0 amide bonds. The summed E-state index contributed by atoms with van der Waals surface area (Å²) < 4.78 is 4.90. The van der Waals surface area contributed by atoms with E-state index < -0.39 is 35.5 Å². The highest BCUT2D eigenvalue weighted by molar-refractivity contribution is 6.26. The number of aliphatic hydroxyl groups is 2. The van der Waals surface area contributed by atoms with Crippen LogP contribution < -0.4 is 0 Å². The minimum Gasteiger partial charge on any atom is -0.457 e. The van der Waals surface area contributed by atoms with Crippen LogP contribution in [0, 0.1) is 28.6 Å². The average molecular weight is 439 g/mol. The molecule has 4 aliphatic rings. The number of carbonyl (C=O) groups excluding carboxylic acids is 3. The number of allylic oxidation sites excluding steroid dienone is 1. The molecule has 0 aromatic carbocycles. The highest BCUT2D eigenvalue weighted by Crippen LogP contribution is 2.67. The van der Waals surface area contributed by atoms with E-state index in [2.05, 4.69) is 6.92 Å². The summed E-state index contributed by atoms with van der Waals surface area (Å²) in [4.78, 5) is 36.3. The molecule has 0 aliphatic heterocycles. The number of alkyl halides is 1. The number of hydrogen-bond acceptors (Lipinski definition) is 6. The summed E-state index contributed by atoms with van der Waals surface area (Å²) in [5.74, 6) is -1.07. The molecule has 0 spiro atoms. The van der Waals surface area contributed by atoms with Crippen molar-refractivity contribution in [2.75, 3.05) is 12.5 Å². The Hall–Kier alpha value is -1.24. The Morgan fingerprint density at radius 3 is 2.67 bits per heavy atom. The second-order valence-electron chi connectivity index (χ2n) is 10.2. The van der Waals surface area contributed by atoms with Crippen molar-refractivity contribution < 1.29 is 29.3 Å². The van der Waals surface area contributed by atoms with Gasteiger partial charge in [0.15, 0.2) is 12.4 Å². The summed E-state index contributed by atoms with van der Waals surface area (Å²) in [5.41, 5.74) is -1.46. The van der Waals surface area contributed by atoms with Crippen LogP contribution in [0.3, 0.4) is 0 Å². The molecule has 0 radical (unpaired) electrons. The largest absolute Gasteiger partial charge is 0.457 e. The summed E-state index contributed by atoms with van der Waals surface area (Å²) >= 11 is 5.43. The van der Waals surface area contributed by atoms with E-state index in [4.69, 9.17) is 16.3 Å². The Bertz CT molecular complexity index is 808. The van der Waals surface area contributed by atoms with Gasteiger partial charge in [-0.3, -0.25) is 14.4 Å². The van der Waals surface area contributed by atoms with Crippen LogP contribution in [0.15, 0.2) is 11.6 Å². The molecule has 4 aliphatic carbocycles. The Kier molecular flexibility index (Phi) is 5.43. The monoisotopic (exact) mass is 438 g/mol. The standard InChI is InChI=1S/C23H31ClO6/c1-21-7-5-14(25)9-13(21)3-4-15-16-6-8-23(29,18(27)12-30-19(28)11-24)22(16,2)10-17(26)20(15)21/h9,15-17,20,26,29H,3-8,10-12H2,1-2H3/t15-,16+,17+,20+,21-,22-,23-/m0/s1. The van der Waals surface area contributed by atoms with Gasteiger partial charge in [-0.2, -0.15) is 0 Å². The molecule has 4 rings (SSSR count). The molecule has 3 saturated carbocycles. The van der Waals surface area contributed by atoms with Crippen molar-refractivity contribution in [2.24, 2.45) is 28.6 Å². The van der Waals surface area contributed by atoms with E-state index in [-0.39, 0.29) is 34.8 Å². The average Bonchev–Trinajstić information content (AvgIpc) is 2.97. The predicted octanol–water partition coefficient (Wildman–Crippen LogP) is 2.57. The molecule has 0 aromatic rings.